The molecule has 0 aliphatic heterocycles. The van der Waals surface area contributed by atoms with Gasteiger partial charge in [-0.3, -0.25) is 0 Å². The molecule has 1 saturated carbocycles. The van der Waals surface area contributed by atoms with Gasteiger partial charge in [0.1, 0.15) is 4.58 Å². The Kier molecular flexibility index (Phi) is 4.10. The van der Waals surface area contributed by atoms with E-state index in [1.807, 2.05) is 0 Å². The van der Waals surface area contributed by atoms with Crippen LogP contribution in [0.1, 0.15) is 39.0 Å². The molecule has 1 aliphatic rings. The number of thiol groups is 1. The fourth-order valence-electron chi connectivity index (χ4n) is 1.82. The molecule has 0 aromatic rings. The molecule has 0 heterocycles. The second kappa shape index (κ2) is 4.69. The van der Waals surface area contributed by atoms with Gasteiger partial charge in [-0.25, -0.2) is 8.42 Å². The van der Waals surface area contributed by atoms with Crippen LogP contribution in [0.2, 0.25) is 0 Å². The second-order valence-electron chi connectivity index (χ2n) is 3.93. The molecule has 0 aromatic carbocycles. The van der Waals surface area contributed by atoms with Crippen LogP contribution in [0, 0.1) is 5.92 Å². The molecule has 4 heteroatoms. The van der Waals surface area contributed by atoms with E-state index >= 15 is 0 Å². The maximum absolute atomic E-state index is 11.5. The lowest BCUT2D eigenvalue weighted by Crippen LogP contribution is -2.23. The van der Waals surface area contributed by atoms with Gasteiger partial charge >= 0.3 is 0 Å². The first-order chi connectivity index (χ1) is 6.02. The standard InChI is InChI=1S/C9H18O2S2/c1-8(12)13(10,11)7-9-5-3-2-4-6-9/h8-9,12H,2-7H2,1H3. The minimum absolute atomic E-state index is 0.345. The summed E-state index contributed by atoms with van der Waals surface area (Å²) < 4.78 is 22.5. The summed E-state index contributed by atoms with van der Waals surface area (Å²) in [6, 6.07) is 0. The highest BCUT2D eigenvalue weighted by molar-refractivity contribution is 8.04. The van der Waals surface area contributed by atoms with Crippen molar-refractivity contribution in [1.29, 1.82) is 0 Å². The van der Waals surface area contributed by atoms with Crippen molar-refractivity contribution in [3.05, 3.63) is 0 Å². The Morgan fingerprint density at radius 3 is 2.31 bits per heavy atom. The molecule has 1 unspecified atom stereocenters. The third kappa shape index (κ3) is 3.50. The molecule has 78 valence electrons. The first-order valence-corrected chi connectivity index (χ1v) is 7.15. The molecule has 0 N–H and O–H groups in total. The second-order valence-corrected chi connectivity index (χ2v) is 7.42. The molecular formula is C9H18O2S2. The summed E-state index contributed by atoms with van der Waals surface area (Å²) in [4.78, 5) is 0. The van der Waals surface area contributed by atoms with Gasteiger partial charge in [0.05, 0.1) is 5.75 Å². The molecule has 0 amide bonds. The zero-order valence-corrected chi connectivity index (χ0v) is 9.78. The Hall–Kier alpha value is 0.300. The Morgan fingerprint density at radius 2 is 1.85 bits per heavy atom. The maximum atomic E-state index is 11.5. The molecule has 2 nitrogen and oxygen atoms in total. The third-order valence-corrected chi connectivity index (χ3v) is 5.65. The molecule has 0 radical (unpaired) electrons. The van der Waals surface area contributed by atoms with Crippen molar-refractivity contribution in [2.24, 2.45) is 5.92 Å². The molecule has 13 heavy (non-hydrogen) atoms. The van der Waals surface area contributed by atoms with E-state index in [0.717, 1.165) is 12.8 Å². The summed E-state index contributed by atoms with van der Waals surface area (Å²) in [5, 5.41) is 0. The maximum Gasteiger partial charge on any atom is 0.162 e. The van der Waals surface area contributed by atoms with Crippen molar-refractivity contribution < 1.29 is 8.42 Å². The van der Waals surface area contributed by atoms with Crippen LogP contribution in [0.15, 0.2) is 0 Å². The van der Waals surface area contributed by atoms with Gasteiger partial charge in [-0.1, -0.05) is 19.3 Å². The van der Waals surface area contributed by atoms with E-state index in [1.54, 1.807) is 6.92 Å². The van der Waals surface area contributed by atoms with E-state index in [4.69, 9.17) is 0 Å². The number of rotatable bonds is 3. The largest absolute Gasteiger partial charge is 0.228 e. The highest BCUT2D eigenvalue weighted by Crippen LogP contribution is 2.26. The summed E-state index contributed by atoms with van der Waals surface area (Å²) in [6.07, 6.45) is 5.83. The highest BCUT2D eigenvalue weighted by Gasteiger charge is 2.24. The lowest BCUT2D eigenvalue weighted by molar-refractivity contribution is 0.385. The van der Waals surface area contributed by atoms with E-state index in [0.29, 0.717) is 11.7 Å². The fourth-order valence-corrected chi connectivity index (χ4v) is 3.35. The highest BCUT2D eigenvalue weighted by atomic mass is 32.2. The molecule has 1 atom stereocenters. The molecule has 0 spiro atoms. The minimum Gasteiger partial charge on any atom is -0.228 e. The van der Waals surface area contributed by atoms with Crippen molar-refractivity contribution in [2.45, 2.75) is 43.6 Å². The van der Waals surface area contributed by atoms with Crippen LogP contribution in [0.25, 0.3) is 0 Å². The van der Waals surface area contributed by atoms with Crippen molar-refractivity contribution in [3.63, 3.8) is 0 Å². The van der Waals surface area contributed by atoms with Crippen LogP contribution in [0.3, 0.4) is 0 Å². The summed E-state index contributed by atoms with van der Waals surface area (Å²) >= 11 is 3.99. The van der Waals surface area contributed by atoms with Crippen LogP contribution >= 0.6 is 12.6 Å². The number of sulfone groups is 1. The fraction of sp³-hybridized carbons (Fsp3) is 1.00. The van der Waals surface area contributed by atoms with Gasteiger partial charge in [-0.05, 0) is 25.7 Å². The van der Waals surface area contributed by atoms with Crippen LogP contribution in [-0.2, 0) is 9.84 Å². The van der Waals surface area contributed by atoms with Gasteiger partial charge in [-0.2, -0.15) is 12.6 Å². The number of hydrogen-bond acceptors (Lipinski definition) is 3. The average molecular weight is 222 g/mol. The zero-order valence-electron chi connectivity index (χ0n) is 8.07. The molecular weight excluding hydrogens is 204 g/mol. The Morgan fingerprint density at radius 1 is 1.31 bits per heavy atom. The van der Waals surface area contributed by atoms with Gasteiger partial charge in [-0.15, -0.1) is 0 Å². The third-order valence-electron chi connectivity index (χ3n) is 2.71. The predicted octanol–water partition coefficient (Wildman–Crippen LogP) is 2.26. The molecule has 1 rings (SSSR count). The molecule has 1 fully saturated rings. The molecule has 0 saturated heterocycles. The molecule has 0 aromatic heterocycles. The monoisotopic (exact) mass is 222 g/mol. The quantitative estimate of drug-likeness (QED) is 0.743. The first-order valence-electron chi connectivity index (χ1n) is 4.92. The zero-order chi connectivity index (χ0) is 9.90. The Labute approximate surface area is 86.4 Å². The predicted molar refractivity (Wildman–Crippen MR) is 58.8 cm³/mol. The smallest absolute Gasteiger partial charge is 0.162 e. The molecule has 1 aliphatic carbocycles. The topological polar surface area (TPSA) is 34.1 Å². The van der Waals surface area contributed by atoms with Crippen LogP contribution in [0.4, 0.5) is 0 Å². The van der Waals surface area contributed by atoms with Gasteiger partial charge < -0.3 is 0 Å². The van der Waals surface area contributed by atoms with Crippen molar-refractivity contribution >= 4 is 22.5 Å². The van der Waals surface area contributed by atoms with E-state index in [-0.39, 0.29) is 0 Å². The normalized spacial score (nSPS) is 22.9. The van der Waals surface area contributed by atoms with E-state index in [2.05, 4.69) is 12.6 Å². The SMILES string of the molecule is CC(S)S(=O)(=O)CC1CCCCC1. The average Bonchev–Trinajstić information content (AvgIpc) is 2.05. The summed E-state index contributed by atoms with van der Waals surface area (Å²) in [5.41, 5.74) is 0. The van der Waals surface area contributed by atoms with Gasteiger partial charge in [0.2, 0.25) is 0 Å². The van der Waals surface area contributed by atoms with Crippen molar-refractivity contribution in [3.8, 4) is 0 Å². The minimum atomic E-state index is -2.93. The summed E-state index contributed by atoms with van der Waals surface area (Å²) in [7, 11) is -2.93. The van der Waals surface area contributed by atoms with Crippen LogP contribution < -0.4 is 0 Å². The van der Waals surface area contributed by atoms with E-state index in [1.165, 1.54) is 19.3 Å². The van der Waals surface area contributed by atoms with Crippen LogP contribution in [0.5, 0.6) is 0 Å². The summed E-state index contributed by atoms with van der Waals surface area (Å²) in [6.45, 7) is 1.64. The first kappa shape index (κ1) is 11.4. The van der Waals surface area contributed by atoms with Gasteiger partial charge in [0.25, 0.3) is 0 Å². The van der Waals surface area contributed by atoms with E-state index in [9.17, 15) is 8.42 Å². The number of hydrogen-bond donors (Lipinski definition) is 1. The lowest BCUT2D eigenvalue weighted by atomic mass is 9.91. The lowest BCUT2D eigenvalue weighted by Gasteiger charge is -2.21. The molecule has 0 bridgehead atoms. The van der Waals surface area contributed by atoms with E-state index < -0.39 is 14.4 Å². The summed E-state index contributed by atoms with van der Waals surface area (Å²) in [5.74, 6) is 0.742. The van der Waals surface area contributed by atoms with Gasteiger partial charge in [0.15, 0.2) is 9.84 Å². The van der Waals surface area contributed by atoms with Crippen LogP contribution in [-0.4, -0.2) is 18.8 Å². The van der Waals surface area contributed by atoms with Crippen molar-refractivity contribution in [2.75, 3.05) is 5.75 Å². The Balaban J connectivity index is 2.47. The Bertz CT molecular complexity index is 238. The van der Waals surface area contributed by atoms with Crippen molar-refractivity contribution in [1.82, 2.24) is 0 Å². The van der Waals surface area contributed by atoms with Gasteiger partial charge in [0, 0.05) is 0 Å².